The predicted octanol–water partition coefficient (Wildman–Crippen LogP) is 3.65. The van der Waals surface area contributed by atoms with Crippen LogP contribution in [0.1, 0.15) is 28.3 Å². The van der Waals surface area contributed by atoms with Crippen molar-refractivity contribution in [2.45, 2.75) is 19.9 Å². The van der Waals surface area contributed by atoms with Gasteiger partial charge in [0.1, 0.15) is 5.82 Å². The minimum absolute atomic E-state index is 0.101. The molecule has 100 valence electrons. The summed E-state index contributed by atoms with van der Waals surface area (Å²) >= 11 is 6.02. The molecule has 2 aromatic carbocycles. The summed E-state index contributed by atoms with van der Waals surface area (Å²) in [7, 11) is 0. The van der Waals surface area contributed by atoms with E-state index in [0.717, 1.165) is 11.1 Å². The number of benzene rings is 2. The number of hydrogen-bond donors (Lipinski definition) is 2. The highest BCUT2D eigenvalue weighted by Gasteiger charge is 2.17. The molecule has 0 radical (unpaired) electrons. The molecule has 1 atom stereocenters. The van der Waals surface area contributed by atoms with Gasteiger partial charge in [0.2, 0.25) is 0 Å². The zero-order valence-electron chi connectivity index (χ0n) is 10.9. The van der Waals surface area contributed by atoms with Crippen molar-refractivity contribution >= 4 is 11.6 Å². The van der Waals surface area contributed by atoms with Gasteiger partial charge in [0.25, 0.3) is 0 Å². The molecule has 19 heavy (non-hydrogen) atoms. The maximum atomic E-state index is 13.5. The third kappa shape index (κ3) is 2.78. The molecule has 0 aromatic heterocycles. The average Bonchev–Trinajstić information content (AvgIpc) is 2.39. The van der Waals surface area contributed by atoms with E-state index in [1.54, 1.807) is 12.1 Å². The van der Waals surface area contributed by atoms with Gasteiger partial charge in [-0.1, -0.05) is 41.9 Å². The van der Waals surface area contributed by atoms with Crippen LogP contribution in [0.3, 0.4) is 0 Å². The zero-order chi connectivity index (χ0) is 14.0. The van der Waals surface area contributed by atoms with Crippen molar-refractivity contribution in [3.8, 4) is 0 Å². The van der Waals surface area contributed by atoms with Gasteiger partial charge in [-0.25, -0.2) is 9.82 Å². The second kappa shape index (κ2) is 5.70. The Bertz CT molecular complexity index is 599. The number of nitrogens with one attached hydrogen (secondary N) is 1. The number of hydrazine groups is 1. The first-order chi connectivity index (χ1) is 9.04. The molecule has 4 heteroatoms. The third-order valence-electron chi connectivity index (χ3n) is 3.32. The van der Waals surface area contributed by atoms with Gasteiger partial charge in [0.05, 0.1) is 11.1 Å². The Kier molecular flexibility index (Phi) is 4.20. The monoisotopic (exact) mass is 278 g/mol. The number of rotatable bonds is 3. The predicted molar refractivity (Wildman–Crippen MR) is 76.5 cm³/mol. The number of nitrogens with two attached hydrogens (primary N) is 1. The molecule has 2 aromatic rings. The Morgan fingerprint density at radius 1 is 1.16 bits per heavy atom. The van der Waals surface area contributed by atoms with Crippen molar-refractivity contribution in [2.24, 2.45) is 5.84 Å². The molecule has 3 N–H and O–H groups in total. The van der Waals surface area contributed by atoms with Gasteiger partial charge in [-0.05, 0) is 42.2 Å². The van der Waals surface area contributed by atoms with Crippen LogP contribution in [-0.4, -0.2) is 0 Å². The molecular weight excluding hydrogens is 263 g/mol. The van der Waals surface area contributed by atoms with Crippen LogP contribution in [0.15, 0.2) is 36.4 Å². The van der Waals surface area contributed by atoms with E-state index in [4.69, 9.17) is 17.4 Å². The quantitative estimate of drug-likeness (QED) is 0.664. The molecule has 0 aliphatic carbocycles. The molecule has 2 rings (SSSR count). The van der Waals surface area contributed by atoms with E-state index >= 15 is 0 Å². The van der Waals surface area contributed by atoms with E-state index in [2.05, 4.69) is 5.43 Å². The second-order valence-corrected chi connectivity index (χ2v) is 4.96. The number of hydrogen-bond acceptors (Lipinski definition) is 2. The molecule has 1 unspecified atom stereocenters. The molecule has 0 aliphatic heterocycles. The lowest BCUT2D eigenvalue weighted by molar-refractivity contribution is 0.605. The average molecular weight is 279 g/mol. The fourth-order valence-corrected chi connectivity index (χ4v) is 2.29. The molecule has 0 bridgehead atoms. The summed E-state index contributed by atoms with van der Waals surface area (Å²) in [5.74, 6) is 5.17. The highest BCUT2D eigenvalue weighted by molar-refractivity contribution is 6.31. The summed E-state index contributed by atoms with van der Waals surface area (Å²) in [6, 6.07) is 10.4. The summed E-state index contributed by atoms with van der Waals surface area (Å²) in [5, 5.41) is 0.101. The molecule has 0 fully saturated rings. The molecule has 0 spiro atoms. The Labute approximate surface area is 117 Å². The van der Waals surface area contributed by atoms with E-state index in [-0.39, 0.29) is 11.1 Å². The van der Waals surface area contributed by atoms with Crippen LogP contribution in [-0.2, 0) is 0 Å². The van der Waals surface area contributed by atoms with Crippen molar-refractivity contribution in [1.29, 1.82) is 0 Å². The fraction of sp³-hybridized carbons (Fsp3) is 0.200. The van der Waals surface area contributed by atoms with Crippen LogP contribution in [0.25, 0.3) is 0 Å². The van der Waals surface area contributed by atoms with Gasteiger partial charge >= 0.3 is 0 Å². The first kappa shape index (κ1) is 14.0. The number of aryl methyl sites for hydroxylation is 2. The van der Waals surface area contributed by atoms with Gasteiger partial charge in [-0.3, -0.25) is 5.84 Å². The van der Waals surface area contributed by atoms with E-state index in [9.17, 15) is 4.39 Å². The van der Waals surface area contributed by atoms with Crippen LogP contribution in [0.4, 0.5) is 4.39 Å². The van der Waals surface area contributed by atoms with Gasteiger partial charge in [-0.15, -0.1) is 0 Å². The van der Waals surface area contributed by atoms with Crippen molar-refractivity contribution in [3.05, 3.63) is 69.5 Å². The van der Waals surface area contributed by atoms with Gasteiger partial charge in [0.15, 0.2) is 0 Å². The van der Waals surface area contributed by atoms with E-state index in [0.29, 0.717) is 5.56 Å². The largest absolute Gasteiger partial charge is 0.271 e. The first-order valence-corrected chi connectivity index (χ1v) is 6.39. The van der Waals surface area contributed by atoms with Crippen LogP contribution in [0, 0.1) is 19.7 Å². The van der Waals surface area contributed by atoms with Gasteiger partial charge in [-0.2, -0.15) is 0 Å². The van der Waals surface area contributed by atoms with Gasteiger partial charge in [0, 0.05) is 0 Å². The lowest BCUT2D eigenvalue weighted by atomic mass is 9.96. The number of halogens is 2. The summed E-state index contributed by atoms with van der Waals surface area (Å²) in [6.07, 6.45) is 0. The molecular formula is C15H16ClFN2. The first-order valence-electron chi connectivity index (χ1n) is 6.01. The summed E-state index contributed by atoms with van der Waals surface area (Å²) in [4.78, 5) is 0. The lowest BCUT2D eigenvalue weighted by Gasteiger charge is -2.19. The van der Waals surface area contributed by atoms with Crippen molar-refractivity contribution < 1.29 is 4.39 Å². The summed E-state index contributed by atoms with van der Waals surface area (Å²) < 4.78 is 13.5. The molecule has 0 saturated heterocycles. The maximum absolute atomic E-state index is 13.5. The third-order valence-corrected chi connectivity index (χ3v) is 3.72. The van der Waals surface area contributed by atoms with Crippen LogP contribution in [0.2, 0.25) is 5.02 Å². The van der Waals surface area contributed by atoms with Gasteiger partial charge < -0.3 is 0 Å². The smallest absolute Gasteiger partial charge is 0.142 e. The van der Waals surface area contributed by atoms with Crippen LogP contribution >= 0.6 is 11.6 Å². The molecule has 0 amide bonds. The summed E-state index contributed by atoms with van der Waals surface area (Å²) in [6.45, 7) is 4.07. The SMILES string of the molecule is Cc1ccc(C(NN)c2cccc(F)c2Cl)cc1C. The minimum Gasteiger partial charge on any atom is -0.271 e. The molecule has 2 nitrogen and oxygen atoms in total. The standard InChI is InChI=1S/C15H16ClFN2/c1-9-6-7-11(8-10(9)2)15(19-18)12-4-3-5-13(17)14(12)16/h3-8,15,19H,18H2,1-2H3. The lowest BCUT2D eigenvalue weighted by Crippen LogP contribution is -2.29. The highest BCUT2D eigenvalue weighted by atomic mass is 35.5. The Hall–Kier alpha value is -1.42. The maximum Gasteiger partial charge on any atom is 0.142 e. The van der Waals surface area contributed by atoms with Crippen molar-refractivity contribution in [3.63, 3.8) is 0 Å². The summed E-state index contributed by atoms with van der Waals surface area (Å²) in [5.41, 5.74) is 6.64. The zero-order valence-corrected chi connectivity index (χ0v) is 11.6. The minimum atomic E-state index is -0.441. The van der Waals surface area contributed by atoms with Crippen LogP contribution < -0.4 is 11.3 Å². The Morgan fingerprint density at radius 2 is 1.89 bits per heavy atom. The normalized spacial score (nSPS) is 12.5. The van der Waals surface area contributed by atoms with Crippen LogP contribution in [0.5, 0.6) is 0 Å². The van der Waals surface area contributed by atoms with Crippen molar-refractivity contribution in [1.82, 2.24) is 5.43 Å². The topological polar surface area (TPSA) is 38.0 Å². The second-order valence-electron chi connectivity index (χ2n) is 4.59. The highest BCUT2D eigenvalue weighted by Crippen LogP contribution is 2.30. The Balaban J connectivity index is 2.50. The fourth-order valence-electron chi connectivity index (χ4n) is 2.05. The molecule has 0 aliphatic rings. The molecule has 0 heterocycles. The molecule has 0 saturated carbocycles. The van der Waals surface area contributed by atoms with E-state index < -0.39 is 5.82 Å². The van der Waals surface area contributed by atoms with Crippen molar-refractivity contribution in [2.75, 3.05) is 0 Å². The Morgan fingerprint density at radius 3 is 2.53 bits per heavy atom. The van der Waals surface area contributed by atoms with E-state index in [1.807, 2.05) is 32.0 Å². The van der Waals surface area contributed by atoms with E-state index in [1.165, 1.54) is 11.6 Å².